The third-order valence-electron chi connectivity index (χ3n) is 2.60. The molecule has 0 N–H and O–H groups in total. The number of aryl methyl sites for hydroxylation is 1. The zero-order valence-corrected chi connectivity index (χ0v) is 14.0. The van der Waals surface area contributed by atoms with Gasteiger partial charge >= 0.3 is 0 Å². The van der Waals surface area contributed by atoms with Gasteiger partial charge in [-0.15, -0.1) is 0 Å². The van der Waals surface area contributed by atoms with Gasteiger partial charge in [0.1, 0.15) is 10.8 Å². The number of hydrogen-bond donors (Lipinski definition) is 0. The molecule has 0 aliphatic carbocycles. The highest BCUT2D eigenvalue weighted by Crippen LogP contribution is 2.24. The summed E-state index contributed by atoms with van der Waals surface area (Å²) < 4.78 is 0.935. The second kappa shape index (κ2) is 6.13. The molecule has 100 valence electrons. The van der Waals surface area contributed by atoms with E-state index in [1.54, 1.807) is 0 Å². The van der Waals surface area contributed by atoms with Crippen molar-refractivity contribution >= 4 is 34.2 Å². The molecule has 2 rings (SSSR count). The summed E-state index contributed by atoms with van der Waals surface area (Å²) in [7, 11) is 0. The molecule has 0 atom stereocenters. The maximum atomic E-state index is 6.21. The molecule has 2 aromatic rings. The van der Waals surface area contributed by atoms with Gasteiger partial charge in [0.05, 0.1) is 9.26 Å². The van der Waals surface area contributed by atoms with E-state index in [0.29, 0.717) is 16.9 Å². The Balaban J connectivity index is 2.50. The molecule has 2 aromatic heterocycles. The quantitative estimate of drug-likeness (QED) is 0.582. The molecule has 0 unspecified atom stereocenters. The van der Waals surface area contributed by atoms with Crippen molar-refractivity contribution in [2.75, 3.05) is 0 Å². The first-order valence-electron chi connectivity index (χ1n) is 6.13. The average Bonchev–Trinajstić information content (AvgIpc) is 2.34. The van der Waals surface area contributed by atoms with Crippen molar-refractivity contribution in [1.82, 2.24) is 15.0 Å². The molecular weight excluding hydrogens is 373 g/mol. The summed E-state index contributed by atoms with van der Waals surface area (Å²) in [6.07, 6.45) is 0.888. The number of hydrogen-bond acceptors (Lipinski definition) is 3. The standard InChI is InChI=1S/C14H15ClIN3/c1-8(2)7-11-12(16)13(15)19-14(18-11)10-6-4-5-9(3)17-10/h4-6,8H,7H2,1-3H3. The third kappa shape index (κ3) is 3.63. The smallest absolute Gasteiger partial charge is 0.179 e. The molecule has 0 aromatic carbocycles. The Morgan fingerprint density at radius 3 is 2.58 bits per heavy atom. The fourth-order valence-electron chi connectivity index (χ4n) is 1.77. The fraction of sp³-hybridized carbons (Fsp3) is 0.357. The minimum atomic E-state index is 0.504. The topological polar surface area (TPSA) is 38.7 Å². The minimum absolute atomic E-state index is 0.504. The van der Waals surface area contributed by atoms with Crippen molar-refractivity contribution in [2.45, 2.75) is 27.2 Å². The first kappa shape index (κ1) is 14.7. The monoisotopic (exact) mass is 387 g/mol. The lowest BCUT2D eigenvalue weighted by atomic mass is 10.1. The maximum Gasteiger partial charge on any atom is 0.179 e. The van der Waals surface area contributed by atoms with Crippen LogP contribution in [0.4, 0.5) is 0 Å². The molecule has 0 fully saturated rings. The van der Waals surface area contributed by atoms with Gasteiger partial charge < -0.3 is 0 Å². The maximum absolute atomic E-state index is 6.21. The lowest BCUT2D eigenvalue weighted by Crippen LogP contribution is -2.05. The lowest BCUT2D eigenvalue weighted by Gasteiger charge is -2.10. The van der Waals surface area contributed by atoms with Gasteiger partial charge in [0.25, 0.3) is 0 Å². The van der Waals surface area contributed by atoms with Crippen molar-refractivity contribution in [3.05, 3.63) is 38.3 Å². The highest BCUT2D eigenvalue weighted by Gasteiger charge is 2.13. The Labute approximate surface area is 132 Å². The van der Waals surface area contributed by atoms with Gasteiger partial charge in [0, 0.05) is 5.69 Å². The van der Waals surface area contributed by atoms with Crippen LogP contribution < -0.4 is 0 Å². The van der Waals surface area contributed by atoms with Crippen LogP contribution in [-0.2, 0) is 6.42 Å². The van der Waals surface area contributed by atoms with Crippen LogP contribution in [0.25, 0.3) is 11.5 Å². The zero-order chi connectivity index (χ0) is 14.0. The molecule has 0 aliphatic rings. The normalized spacial score (nSPS) is 11.1. The molecule has 19 heavy (non-hydrogen) atoms. The predicted molar refractivity (Wildman–Crippen MR) is 86.3 cm³/mol. The molecule has 0 bridgehead atoms. The van der Waals surface area contributed by atoms with E-state index < -0.39 is 0 Å². The highest BCUT2D eigenvalue weighted by atomic mass is 127. The Kier molecular flexibility index (Phi) is 4.73. The van der Waals surface area contributed by atoms with Crippen LogP contribution in [0.3, 0.4) is 0 Å². The Morgan fingerprint density at radius 1 is 1.21 bits per heavy atom. The zero-order valence-electron chi connectivity index (χ0n) is 11.1. The van der Waals surface area contributed by atoms with Crippen LogP contribution in [0.15, 0.2) is 18.2 Å². The molecule has 3 nitrogen and oxygen atoms in total. The van der Waals surface area contributed by atoms with Crippen molar-refractivity contribution in [1.29, 1.82) is 0 Å². The van der Waals surface area contributed by atoms with Crippen molar-refractivity contribution in [3.63, 3.8) is 0 Å². The van der Waals surface area contributed by atoms with E-state index in [2.05, 4.69) is 51.4 Å². The molecule has 5 heteroatoms. The van der Waals surface area contributed by atoms with Crippen molar-refractivity contribution in [2.24, 2.45) is 5.92 Å². The van der Waals surface area contributed by atoms with Crippen LogP contribution in [0.2, 0.25) is 5.15 Å². The predicted octanol–water partition coefficient (Wildman–Crippen LogP) is 4.30. The van der Waals surface area contributed by atoms with E-state index in [0.717, 1.165) is 27.1 Å². The van der Waals surface area contributed by atoms with E-state index in [9.17, 15) is 0 Å². The Bertz CT molecular complexity index is 599. The molecule has 0 radical (unpaired) electrons. The second-order valence-electron chi connectivity index (χ2n) is 4.86. The third-order valence-corrected chi connectivity index (χ3v) is 4.32. The molecule has 0 saturated carbocycles. The molecule has 2 heterocycles. The van der Waals surface area contributed by atoms with E-state index in [1.165, 1.54) is 0 Å². The Morgan fingerprint density at radius 2 is 1.95 bits per heavy atom. The van der Waals surface area contributed by atoms with Crippen LogP contribution >= 0.6 is 34.2 Å². The second-order valence-corrected chi connectivity index (χ2v) is 6.30. The van der Waals surface area contributed by atoms with Gasteiger partial charge in [0.2, 0.25) is 0 Å². The van der Waals surface area contributed by atoms with Gasteiger partial charge in [0.15, 0.2) is 5.82 Å². The molecule has 0 amide bonds. The number of pyridine rings is 1. The van der Waals surface area contributed by atoms with Crippen molar-refractivity contribution in [3.8, 4) is 11.5 Å². The number of aromatic nitrogens is 3. The minimum Gasteiger partial charge on any atom is -0.250 e. The number of halogens is 2. The van der Waals surface area contributed by atoms with E-state index in [1.807, 2.05) is 25.1 Å². The van der Waals surface area contributed by atoms with Gasteiger partial charge in [-0.2, -0.15) is 0 Å². The van der Waals surface area contributed by atoms with E-state index in [-0.39, 0.29) is 0 Å². The molecular formula is C14H15ClIN3. The van der Waals surface area contributed by atoms with E-state index >= 15 is 0 Å². The SMILES string of the molecule is Cc1cccc(-c2nc(Cl)c(I)c(CC(C)C)n2)n1. The van der Waals surface area contributed by atoms with E-state index in [4.69, 9.17) is 11.6 Å². The molecule has 0 saturated heterocycles. The largest absolute Gasteiger partial charge is 0.250 e. The van der Waals surface area contributed by atoms with Crippen LogP contribution in [0.5, 0.6) is 0 Å². The summed E-state index contributed by atoms with van der Waals surface area (Å²) in [5.41, 5.74) is 2.71. The Hall–Kier alpha value is -0.750. The number of nitrogens with zero attached hydrogens (tertiary/aromatic N) is 3. The van der Waals surface area contributed by atoms with Crippen molar-refractivity contribution < 1.29 is 0 Å². The van der Waals surface area contributed by atoms with Gasteiger partial charge in [-0.05, 0) is 54.0 Å². The lowest BCUT2D eigenvalue weighted by molar-refractivity contribution is 0.632. The number of rotatable bonds is 3. The summed E-state index contributed by atoms with van der Waals surface area (Å²) in [6.45, 7) is 6.28. The summed E-state index contributed by atoms with van der Waals surface area (Å²) in [4.78, 5) is 13.4. The summed E-state index contributed by atoms with van der Waals surface area (Å²) in [6, 6.07) is 5.81. The van der Waals surface area contributed by atoms with Crippen LogP contribution in [0.1, 0.15) is 25.2 Å². The molecule has 0 spiro atoms. The first-order valence-corrected chi connectivity index (χ1v) is 7.59. The summed E-state index contributed by atoms with van der Waals surface area (Å²) >= 11 is 8.41. The van der Waals surface area contributed by atoms with Crippen LogP contribution in [0, 0.1) is 16.4 Å². The molecule has 0 aliphatic heterocycles. The van der Waals surface area contributed by atoms with Gasteiger partial charge in [-0.3, -0.25) is 0 Å². The fourth-order valence-corrected chi connectivity index (χ4v) is 2.42. The van der Waals surface area contributed by atoms with Gasteiger partial charge in [-0.25, -0.2) is 15.0 Å². The summed E-state index contributed by atoms with van der Waals surface area (Å²) in [5, 5.41) is 0.504. The van der Waals surface area contributed by atoms with Crippen LogP contribution in [-0.4, -0.2) is 15.0 Å². The summed E-state index contributed by atoms with van der Waals surface area (Å²) in [5.74, 6) is 1.13. The average molecular weight is 388 g/mol. The first-order chi connectivity index (χ1) is 8.97. The van der Waals surface area contributed by atoms with Gasteiger partial charge in [-0.1, -0.05) is 31.5 Å². The highest BCUT2D eigenvalue weighted by molar-refractivity contribution is 14.1.